The molecule has 6 heteroatoms. The first-order valence-electron chi connectivity index (χ1n) is 11.4. The molecule has 1 saturated heterocycles. The number of aliphatic hydroxyl groups excluding tert-OH is 1. The molecule has 3 aromatic rings. The van der Waals surface area contributed by atoms with Gasteiger partial charge in [-0.1, -0.05) is 30.8 Å². The van der Waals surface area contributed by atoms with E-state index in [0.717, 1.165) is 59.1 Å². The van der Waals surface area contributed by atoms with Crippen molar-refractivity contribution >= 4 is 16.3 Å². The van der Waals surface area contributed by atoms with E-state index in [1.807, 2.05) is 60.7 Å². The molecule has 172 valence electrons. The van der Waals surface area contributed by atoms with Crippen molar-refractivity contribution in [1.29, 1.82) is 0 Å². The molecule has 1 N–H and O–H groups in total. The van der Waals surface area contributed by atoms with E-state index < -0.39 is 5.79 Å². The van der Waals surface area contributed by atoms with Gasteiger partial charge in [0.15, 0.2) is 0 Å². The van der Waals surface area contributed by atoms with Crippen molar-refractivity contribution < 1.29 is 29.1 Å². The van der Waals surface area contributed by atoms with Gasteiger partial charge >= 0.3 is 0 Å². The summed E-state index contributed by atoms with van der Waals surface area (Å²) < 4.78 is 17.6. The second-order valence-electron chi connectivity index (χ2n) is 8.49. The largest absolute Gasteiger partial charge is 0.491 e. The maximum absolute atomic E-state index is 8.95. The van der Waals surface area contributed by atoms with Crippen LogP contribution in [0.15, 0.2) is 67.2 Å². The SMILES string of the molecule is C=C(c1ccc(Oc2ccc3ccc(OCCO)cc3c2)cc1)C1COC2(CCCC2)OO1. The van der Waals surface area contributed by atoms with Crippen LogP contribution in [0, 0.1) is 0 Å². The lowest BCUT2D eigenvalue weighted by Gasteiger charge is -2.36. The van der Waals surface area contributed by atoms with Gasteiger partial charge in [0.25, 0.3) is 0 Å². The number of ether oxygens (including phenoxy) is 3. The second kappa shape index (κ2) is 9.53. The Morgan fingerprint density at radius 1 is 0.939 bits per heavy atom. The van der Waals surface area contributed by atoms with Gasteiger partial charge in [-0.3, -0.25) is 0 Å². The Bertz CT molecular complexity index is 1110. The molecule has 2 fully saturated rings. The van der Waals surface area contributed by atoms with E-state index >= 15 is 0 Å². The van der Waals surface area contributed by atoms with Crippen molar-refractivity contribution in [2.24, 2.45) is 0 Å². The van der Waals surface area contributed by atoms with Crippen molar-refractivity contribution in [3.63, 3.8) is 0 Å². The maximum atomic E-state index is 8.95. The highest BCUT2D eigenvalue weighted by Crippen LogP contribution is 2.39. The van der Waals surface area contributed by atoms with E-state index in [4.69, 9.17) is 29.1 Å². The first-order chi connectivity index (χ1) is 16.1. The van der Waals surface area contributed by atoms with Gasteiger partial charge in [-0.25, -0.2) is 9.78 Å². The molecule has 1 unspecified atom stereocenters. The van der Waals surface area contributed by atoms with Crippen LogP contribution in [0.2, 0.25) is 0 Å². The molecule has 1 heterocycles. The molecule has 2 aliphatic rings. The maximum Gasteiger partial charge on any atom is 0.201 e. The highest BCUT2D eigenvalue weighted by molar-refractivity contribution is 5.85. The molecule has 0 amide bonds. The third-order valence-electron chi connectivity index (χ3n) is 6.17. The van der Waals surface area contributed by atoms with E-state index in [9.17, 15) is 0 Å². The number of benzene rings is 3. The van der Waals surface area contributed by atoms with Crippen LogP contribution in [-0.2, 0) is 14.5 Å². The molecule has 1 saturated carbocycles. The Morgan fingerprint density at radius 2 is 1.64 bits per heavy atom. The summed E-state index contributed by atoms with van der Waals surface area (Å²) in [5.41, 5.74) is 1.77. The first-order valence-corrected chi connectivity index (χ1v) is 11.4. The smallest absolute Gasteiger partial charge is 0.201 e. The van der Waals surface area contributed by atoms with E-state index in [2.05, 4.69) is 6.58 Å². The van der Waals surface area contributed by atoms with Gasteiger partial charge in [0.05, 0.1) is 13.2 Å². The average Bonchev–Trinajstić information content (AvgIpc) is 3.31. The number of hydrogen-bond acceptors (Lipinski definition) is 6. The van der Waals surface area contributed by atoms with Crippen LogP contribution in [0.5, 0.6) is 17.2 Å². The topological polar surface area (TPSA) is 66.4 Å². The van der Waals surface area contributed by atoms with Gasteiger partial charge in [-0.05, 0) is 71.1 Å². The zero-order valence-electron chi connectivity index (χ0n) is 18.5. The normalized spacial score (nSPS) is 19.6. The van der Waals surface area contributed by atoms with Crippen molar-refractivity contribution in [3.8, 4) is 17.2 Å². The Morgan fingerprint density at radius 3 is 2.33 bits per heavy atom. The summed E-state index contributed by atoms with van der Waals surface area (Å²) in [5.74, 6) is 1.61. The van der Waals surface area contributed by atoms with Crippen LogP contribution in [0.1, 0.15) is 31.2 Å². The molecule has 5 rings (SSSR count). The van der Waals surface area contributed by atoms with Crippen LogP contribution in [-0.4, -0.2) is 36.8 Å². The molecule has 33 heavy (non-hydrogen) atoms. The first kappa shape index (κ1) is 21.9. The summed E-state index contributed by atoms with van der Waals surface area (Å²) >= 11 is 0. The Balaban J connectivity index is 1.23. The number of aliphatic hydroxyl groups is 1. The van der Waals surface area contributed by atoms with E-state index in [0.29, 0.717) is 12.4 Å². The lowest BCUT2D eigenvalue weighted by atomic mass is 10.0. The fourth-order valence-corrected chi connectivity index (χ4v) is 4.30. The summed E-state index contributed by atoms with van der Waals surface area (Å²) in [6.45, 7) is 4.88. The molecule has 1 spiro atoms. The van der Waals surface area contributed by atoms with Crippen molar-refractivity contribution in [3.05, 3.63) is 72.8 Å². The Labute approximate surface area is 193 Å². The van der Waals surface area contributed by atoms with Crippen LogP contribution >= 0.6 is 0 Å². The highest BCUT2D eigenvalue weighted by Gasteiger charge is 2.42. The predicted octanol–water partition coefficient (Wildman–Crippen LogP) is 5.63. The summed E-state index contributed by atoms with van der Waals surface area (Å²) in [5, 5.41) is 11.0. The lowest BCUT2D eigenvalue weighted by Crippen LogP contribution is -2.43. The van der Waals surface area contributed by atoms with Crippen molar-refractivity contribution in [2.75, 3.05) is 19.8 Å². The van der Waals surface area contributed by atoms with Crippen LogP contribution in [0.3, 0.4) is 0 Å². The third-order valence-corrected chi connectivity index (χ3v) is 6.17. The van der Waals surface area contributed by atoms with Gasteiger partial charge in [-0.15, -0.1) is 0 Å². The van der Waals surface area contributed by atoms with Gasteiger partial charge in [0.1, 0.15) is 30.0 Å². The molecule has 0 aromatic heterocycles. The molecular weight excluding hydrogens is 420 g/mol. The minimum Gasteiger partial charge on any atom is -0.491 e. The molecule has 0 bridgehead atoms. The molecule has 1 aliphatic carbocycles. The zero-order chi connectivity index (χ0) is 22.7. The van der Waals surface area contributed by atoms with Crippen LogP contribution in [0.4, 0.5) is 0 Å². The Hall–Kier alpha value is -2.90. The van der Waals surface area contributed by atoms with E-state index in [1.165, 1.54) is 0 Å². The van der Waals surface area contributed by atoms with Crippen molar-refractivity contribution in [2.45, 2.75) is 37.6 Å². The van der Waals surface area contributed by atoms with Gasteiger partial charge in [0.2, 0.25) is 5.79 Å². The van der Waals surface area contributed by atoms with E-state index in [-0.39, 0.29) is 19.3 Å². The van der Waals surface area contributed by atoms with Crippen LogP contribution < -0.4 is 9.47 Å². The molecule has 1 atom stereocenters. The number of fused-ring (bicyclic) bond motifs is 1. The summed E-state index contributed by atoms with van der Waals surface area (Å²) in [6, 6.07) is 19.5. The average molecular weight is 449 g/mol. The monoisotopic (exact) mass is 448 g/mol. The molecule has 3 aromatic carbocycles. The quantitative estimate of drug-likeness (QED) is 0.472. The van der Waals surface area contributed by atoms with Crippen molar-refractivity contribution in [1.82, 2.24) is 0 Å². The van der Waals surface area contributed by atoms with Crippen LogP contribution in [0.25, 0.3) is 16.3 Å². The third kappa shape index (κ3) is 4.89. The fourth-order valence-electron chi connectivity index (χ4n) is 4.30. The standard InChI is InChI=1S/C27H28O6/c1-19(26-18-30-27(33-32-26)12-2-3-13-27)20-4-8-23(9-5-20)31-25-11-7-21-6-10-24(29-15-14-28)16-22(21)17-25/h4-11,16-17,26,28H,1-3,12-15,18H2. The number of hydrogen-bond donors (Lipinski definition) is 1. The number of rotatable bonds is 7. The fraction of sp³-hybridized carbons (Fsp3) is 0.333. The molecule has 0 radical (unpaired) electrons. The highest BCUT2D eigenvalue weighted by atomic mass is 17.2. The van der Waals surface area contributed by atoms with Gasteiger partial charge in [-0.2, -0.15) is 0 Å². The minimum atomic E-state index is -0.556. The molecule has 6 nitrogen and oxygen atoms in total. The van der Waals surface area contributed by atoms with Gasteiger partial charge < -0.3 is 19.3 Å². The van der Waals surface area contributed by atoms with Gasteiger partial charge in [0, 0.05) is 12.8 Å². The Kier molecular flexibility index (Phi) is 6.33. The molecule has 1 aliphatic heterocycles. The predicted molar refractivity (Wildman–Crippen MR) is 125 cm³/mol. The second-order valence-corrected chi connectivity index (χ2v) is 8.49. The lowest BCUT2D eigenvalue weighted by molar-refractivity contribution is -0.475. The summed E-state index contributed by atoms with van der Waals surface area (Å²) in [4.78, 5) is 11.3. The molecular formula is C27H28O6. The summed E-state index contributed by atoms with van der Waals surface area (Å²) in [7, 11) is 0. The minimum absolute atomic E-state index is 0.0166. The summed E-state index contributed by atoms with van der Waals surface area (Å²) in [6.07, 6.45) is 3.64. The zero-order valence-corrected chi connectivity index (χ0v) is 18.5. The van der Waals surface area contributed by atoms with E-state index in [1.54, 1.807) is 0 Å².